The fourth-order valence-corrected chi connectivity index (χ4v) is 11.8. The van der Waals surface area contributed by atoms with E-state index in [9.17, 15) is 19.0 Å². The Balaban J connectivity index is 4.08. The quantitative estimate of drug-likeness (QED) is 0.0211. The maximum Gasteiger partial charge on any atom is 0.472 e. The number of phosphoric ester groups is 1. The van der Waals surface area contributed by atoms with Crippen molar-refractivity contribution in [3.05, 3.63) is 170 Å². The molecule has 570 valence electrons. The molecule has 0 aromatic carbocycles. The lowest BCUT2D eigenvalue weighted by Gasteiger charge is -2.24. The Morgan fingerprint density at radius 2 is 0.570 bits per heavy atom. The highest BCUT2D eigenvalue weighted by Crippen LogP contribution is 2.43. The third kappa shape index (κ3) is 82.3. The van der Waals surface area contributed by atoms with Crippen molar-refractivity contribution in [1.82, 2.24) is 0 Å². The van der Waals surface area contributed by atoms with E-state index >= 15 is 0 Å². The standard InChI is InChI=1S/C90H152NO8P/c1-6-8-10-12-14-16-18-20-22-24-26-28-30-32-34-36-38-40-42-44-45-47-49-51-53-55-57-59-61-63-65-67-69-71-73-75-77-79-81-83-90(93)99-88(87-98-100(94,95)97-85-84-91(3,4)5)86-96-89(92)82-80-78-76-74-72-70-68-66-64-62-60-58-56-54-52-50-48-46-43-41-39-37-35-33-31-29-27-25-23-21-19-17-15-13-11-9-7-2/h8,10,14,16,19-22,25-28,32,34,38,40,44-45,49,51,55,57,61,63,67,69,73,75,88H,6-7,9,11-13,15,17-18,23-24,29-31,33,35-37,39,41-43,46-48,50,52-54,56,58-60,62,64-66,68,70-72,74,76-87H2,1-5H3/p+1/b10-8-,16-14-,21-19-,22-20-,27-25-,28-26-,34-32-,40-38-,45-44-,51-49-,57-55-,63-61-,69-67-,75-73-. The lowest BCUT2D eigenvalue weighted by Crippen LogP contribution is -2.37. The zero-order chi connectivity index (χ0) is 72.5. The van der Waals surface area contributed by atoms with E-state index in [4.69, 9.17) is 18.5 Å². The first-order valence-electron chi connectivity index (χ1n) is 40.9. The van der Waals surface area contributed by atoms with Crippen LogP contribution in [0.15, 0.2) is 170 Å². The maximum absolute atomic E-state index is 12.9. The number of hydrogen-bond donors (Lipinski definition) is 1. The summed E-state index contributed by atoms with van der Waals surface area (Å²) in [5, 5.41) is 0. The molecular weight excluding hydrogens is 1250 g/mol. The molecule has 0 spiro atoms. The Kier molecular flexibility index (Phi) is 74.9. The van der Waals surface area contributed by atoms with Gasteiger partial charge in [-0.1, -0.05) is 357 Å². The molecule has 0 amide bonds. The van der Waals surface area contributed by atoms with Gasteiger partial charge < -0.3 is 18.9 Å². The molecule has 10 heteroatoms. The SMILES string of the molecule is CC/C=C\C/C=C\C/C=C\C/C=C\C/C=C\C/C=C\C/C=C\C/C=C\C/C=C\C/C=C\C/C=C\C/C=C\CCCCC(=O)OC(COC(=O)CCCCCCCCCCCCCCCCCCCCCCCCCCC/C=C\C/C=C\CCCCCCC)COP(=O)(O)OCC[N+](C)(C)C. The normalized spacial score (nSPS) is 13.9. The fourth-order valence-electron chi connectivity index (χ4n) is 11.0. The number of phosphoric acid groups is 1. The van der Waals surface area contributed by atoms with Crippen molar-refractivity contribution in [1.29, 1.82) is 0 Å². The lowest BCUT2D eigenvalue weighted by molar-refractivity contribution is -0.870. The minimum atomic E-state index is -4.42. The lowest BCUT2D eigenvalue weighted by atomic mass is 10.0. The van der Waals surface area contributed by atoms with Crippen LogP contribution in [-0.2, 0) is 32.7 Å². The number of esters is 2. The number of rotatable bonds is 74. The minimum absolute atomic E-state index is 0.0159. The van der Waals surface area contributed by atoms with Gasteiger partial charge in [0.25, 0.3) is 0 Å². The van der Waals surface area contributed by atoms with Crippen molar-refractivity contribution in [2.75, 3.05) is 47.5 Å². The van der Waals surface area contributed by atoms with Crippen molar-refractivity contribution in [3.8, 4) is 0 Å². The number of carbonyl (C=O) groups is 2. The van der Waals surface area contributed by atoms with Crippen molar-refractivity contribution >= 4 is 19.8 Å². The molecule has 0 radical (unpaired) electrons. The predicted octanol–water partition coefficient (Wildman–Crippen LogP) is 27.6. The summed E-state index contributed by atoms with van der Waals surface area (Å²) >= 11 is 0. The summed E-state index contributed by atoms with van der Waals surface area (Å²) in [5.41, 5.74) is 0. The Bertz CT molecular complexity index is 2300. The van der Waals surface area contributed by atoms with E-state index in [1.165, 1.54) is 186 Å². The number of allylic oxidation sites excluding steroid dienone is 28. The summed E-state index contributed by atoms with van der Waals surface area (Å²) in [6, 6.07) is 0. The molecule has 100 heavy (non-hydrogen) atoms. The maximum atomic E-state index is 12.9. The van der Waals surface area contributed by atoms with Crippen LogP contribution in [0.25, 0.3) is 0 Å². The molecule has 0 saturated carbocycles. The van der Waals surface area contributed by atoms with Crippen molar-refractivity contribution in [2.24, 2.45) is 0 Å². The number of carbonyl (C=O) groups excluding carboxylic acids is 2. The summed E-state index contributed by atoms with van der Waals surface area (Å²) in [7, 11) is 1.44. The molecule has 1 N–H and O–H groups in total. The molecule has 0 aromatic heterocycles. The molecule has 0 fully saturated rings. The highest BCUT2D eigenvalue weighted by atomic mass is 31.2. The second-order valence-corrected chi connectivity index (χ2v) is 29.5. The first kappa shape index (κ1) is 95.4. The molecule has 2 atom stereocenters. The van der Waals surface area contributed by atoms with Gasteiger partial charge in [-0.2, -0.15) is 0 Å². The molecule has 0 bridgehead atoms. The van der Waals surface area contributed by atoms with Gasteiger partial charge in [-0.05, 0) is 135 Å². The van der Waals surface area contributed by atoms with Crippen molar-refractivity contribution < 1.29 is 42.1 Å². The van der Waals surface area contributed by atoms with Gasteiger partial charge in [-0.3, -0.25) is 18.6 Å². The number of hydrogen-bond acceptors (Lipinski definition) is 7. The van der Waals surface area contributed by atoms with Crippen LogP contribution in [0.2, 0.25) is 0 Å². The van der Waals surface area contributed by atoms with Crippen LogP contribution in [-0.4, -0.2) is 74.9 Å². The molecule has 2 unspecified atom stereocenters. The molecule has 0 aromatic rings. The van der Waals surface area contributed by atoms with E-state index in [2.05, 4.69) is 184 Å². The number of likely N-dealkylation sites (N-methyl/N-ethyl adjacent to an activating group) is 1. The van der Waals surface area contributed by atoms with Crippen molar-refractivity contribution in [3.63, 3.8) is 0 Å². The molecule has 9 nitrogen and oxygen atoms in total. The van der Waals surface area contributed by atoms with Gasteiger partial charge >= 0.3 is 19.8 Å². The summed E-state index contributed by atoms with van der Waals surface area (Å²) in [5.74, 6) is -0.848. The van der Waals surface area contributed by atoms with Crippen LogP contribution >= 0.6 is 7.82 Å². The van der Waals surface area contributed by atoms with Gasteiger partial charge in [0, 0.05) is 12.8 Å². The molecule has 0 saturated heterocycles. The zero-order valence-electron chi connectivity index (χ0n) is 65.1. The van der Waals surface area contributed by atoms with Crippen LogP contribution in [0.4, 0.5) is 0 Å². The van der Waals surface area contributed by atoms with Gasteiger partial charge in [-0.15, -0.1) is 0 Å². The molecule has 0 rings (SSSR count). The van der Waals surface area contributed by atoms with Crippen LogP contribution < -0.4 is 0 Å². The highest BCUT2D eigenvalue weighted by molar-refractivity contribution is 7.47. The van der Waals surface area contributed by atoms with Crippen LogP contribution in [0.5, 0.6) is 0 Å². The van der Waals surface area contributed by atoms with E-state index in [1.54, 1.807) is 0 Å². The van der Waals surface area contributed by atoms with E-state index in [-0.39, 0.29) is 32.0 Å². The summed E-state index contributed by atoms with van der Waals surface area (Å²) in [6.45, 7) is 4.27. The molecule has 0 aliphatic rings. The van der Waals surface area contributed by atoms with E-state index in [0.717, 1.165) is 116 Å². The third-order valence-electron chi connectivity index (χ3n) is 17.2. The first-order valence-corrected chi connectivity index (χ1v) is 42.4. The second-order valence-electron chi connectivity index (χ2n) is 28.1. The number of quaternary nitrogens is 1. The zero-order valence-corrected chi connectivity index (χ0v) is 66.0. The molecule has 0 aliphatic carbocycles. The number of ether oxygens (including phenoxy) is 2. The Hall–Kier alpha value is -4.63. The molecule has 0 heterocycles. The minimum Gasteiger partial charge on any atom is -0.462 e. The summed E-state index contributed by atoms with van der Waals surface area (Å²) in [4.78, 5) is 36.0. The van der Waals surface area contributed by atoms with Gasteiger partial charge in [-0.25, -0.2) is 4.57 Å². The van der Waals surface area contributed by atoms with Gasteiger partial charge in [0.05, 0.1) is 27.7 Å². The van der Waals surface area contributed by atoms with Gasteiger partial charge in [0.15, 0.2) is 6.10 Å². The topological polar surface area (TPSA) is 108 Å². The Morgan fingerprint density at radius 3 is 0.870 bits per heavy atom. The molecule has 0 aliphatic heterocycles. The molecular formula is C90H153NO8P+. The monoisotopic (exact) mass is 1410 g/mol. The number of unbranched alkanes of at least 4 members (excludes halogenated alkanes) is 32. The Morgan fingerprint density at radius 1 is 0.320 bits per heavy atom. The van der Waals surface area contributed by atoms with Crippen LogP contribution in [0.3, 0.4) is 0 Å². The van der Waals surface area contributed by atoms with Crippen LogP contribution in [0.1, 0.15) is 335 Å². The Labute approximate surface area is 617 Å². The van der Waals surface area contributed by atoms with E-state index in [1.807, 2.05) is 21.1 Å². The third-order valence-corrected chi connectivity index (χ3v) is 18.2. The highest BCUT2D eigenvalue weighted by Gasteiger charge is 2.27. The van der Waals surface area contributed by atoms with Gasteiger partial charge in [0.1, 0.15) is 19.8 Å². The first-order chi connectivity index (χ1) is 49.0. The van der Waals surface area contributed by atoms with E-state index < -0.39 is 26.5 Å². The van der Waals surface area contributed by atoms with Crippen molar-refractivity contribution in [2.45, 2.75) is 341 Å². The smallest absolute Gasteiger partial charge is 0.462 e. The fraction of sp³-hybridized carbons (Fsp3) is 0.667. The average molecular weight is 1410 g/mol. The van der Waals surface area contributed by atoms with Gasteiger partial charge in [0.2, 0.25) is 0 Å². The summed E-state index contributed by atoms with van der Waals surface area (Å²) in [6.07, 6.45) is 119. The summed E-state index contributed by atoms with van der Waals surface area (Å²) < 4.78 is 34.7. The largest absolute Gasteiger partial charge is 0.472 e. The van der Waals surface area contributed by atoms with Crippen LogP contribution in [0, 0.1) is 0 Å². The second kappa shape index (κ2) is 78.5. The number of nitrogens with zero attached hydrogens (tertiary/aromatic N) is 1. The predicted molar refractivity (Wildman–Crippen MR) is 436 cm³/mol. The average Bonchev–Trinajstić information content (AvgIpc) is 1.07. The van der Waals surface area contributed by atoms with E-state index in [0.29, 0.717) is 17.4 Å².